The molecule has 0 saturated carbocycles. The minimum atomic E-state index is -0.272. The number of hydrogen-bond donors (Lipinski definition) is 0. The van der Waals surface area contributed by atoms with Crippen LogP contribution in [0.5, 0.6) is 0 Å². The number of amides is 1. The first-order chi connectivity index (χ1) is 9.65. The highest BCUT2D eigenvalue weighted by molar-refractivity contribution is 8.00. The van der Waals surface area contributed by atoms with Gasteiger partial charge >= 0.3 is 0 Å². The lowest BCUT2D eigenvalue weighted by Crippen LogP contribution is -2.27. The van der Waals surface area contributed by atoms with Crippen molar-refractivity contribution in [1.82, 2.24) is 0 Å². The van der Waals surface area contributed by atoms with Crippen molar-refractivity contribution in [2.75, 3.05) is 10.7 Å². The van der Waals surface area contributed by atoms with E-state index in [1.807, 2.05) is 37.3 Å². The average Bonchev–Trinajstić information content (AvgIpc) is 2.82. The van der Waals surface area contributed by atoms with E-state index in [2.05, 4.69) is 0 Å². The van der Waals surface area contributed by atoms with Crippen molar-refractivity contribution in [2.24, 2.45) is 0 Å². The summed E-state index contributed by atoms with van der Waals surface area (Å²) in [4.78, 5) is 13.9. The molecule has 0 unspecified atom stereocenters. The molecular weight excluding hydrogens is 273 g/mol. The van der Waals surface area contributed by atoms with Crippen LogP contribution in [0.1, 0.15) is 16.5 Å². The third-order valence-corrected chi connectivity index (χ3v) is 4.53. The molecule has 2 aromatic rings. The van der Waals surface area contributed by atoms with Gasteiger partial charge in [0.15, 0.2) is 0 Å². The zero-order valence-corrected chi connectivity index (χ0v) is 11.9. The van der Waals surface area contributed by atoms with Crippen LogP contribution in [0.3, 0.4) is 0 Å². The third-order valence-electron chi connectivity index (χ3n) is 3.31. The SMILES string of the molecule is Cc1ccc(N2C(=O)CS[C@@H]2c2cccc(F)c2)cc1. The first-order valence-corrected chi connectivity index (χ1v) is 7.46. The third kappa shape index (κ3) is 2.43. The topological polar surface area (TPSA) is 20.3 Å². The molecule has 0 spiro atoms. The lowest BCUT2D eigenvalue weighted by Gasteiger charge is -2.24. The van der Waals surface area contributed by atoms with Crippen molar-refractivity contribution in [2.45, 2.75) is 12.3 Å². The summed E-state index contributed by atoms with van der Waals surface area (Å²) in [7, 11) is 0. The summed E-state index contributed by atoms with van der Waals surface area (Å²) in [5, 5.41) is -0.152. The fourth-order valence-electron chi connectivity index (χ4n) is 2.32. The molecule has 1 aliphatic heterocycles. The molecule has 0 N–H and O–H groups in total. The Balaban J connectivity index is 1.98. The molecule has 20 heavy (non-hydrogen) atoms. The molecule has 1 atom stereocenters. The van der Waals surface area contributed by atoms with Crippen LogP contribution < -0.4 is 4.90 Å². The minimum Gasteiger partial charge on any atom is -0.295 e. The number of aryl methyl sites for hydroxylation is 1. The van der Waals surface area contributed by atoms with Gasteiger partial charge in [0, 0.05) is 5.69 Å². The van der Waals surface area contributed by atoms with Gasteiger partial charge in [-0.2, -0.15) is 0 Å². The number of nitrogens with zero attached hydrogens (tertiary/aromatic N) is 1. The smallest absolute Gasteiger partial charge is 0.238 e. The first-order valence-electron chi connectivity index (χ1n) is 6.41. The molecule has 1 fully saturated rings. The maximum Gasteiger partial charge on any atom is 0.238 e. The summed E-state index contributed by atoms with van der Waals surface area (Å²) in [6, 6.07) is 14.3. The molecule has 0 aliphatic carbocycles. The molecule has 102 valence electrons. The number of rotatable bonds is 2. The zero-order valence-electron chi connectivity index (χ0n) is 11.0. The molecule has 0 radical (unpaired) electrons. The van der Waals surface area contributed by atoms with E-state index in [-0.39, 0.29) is 17.1 Å². The molecule has 1 heterocycles. The molecule has 2 nitrogen and oxygen atoms in total. The van der Waals surface area contributed by atoms with Crippen LogP contribution in [-0.2, 0) is 4.79 Å². The van der Waals surface area contributed by atoms with Crippen LogP contribution in [0.4, 0.5) is 10.1 Å². The molecular formula is C16H14FNOS. The minimum absolute atomic E-state index is 0.0631. The fourth-order valence-corrected chi connectivity index (χ4v) is 3.48. The Morgan fingerprint density at radius 3 is 2.65 bits per heavy atom. The summed E-state index contributed by atoms with van der Waals surface area (Å²) in [5.74, 6) is 0.217. The van der Waals surface area contributed by atoms with Crippen LogP contribution in [0, 0.1) is 12.7 Å². The largest absolute Gasteiger partial charge is 0.295 e. The van der Waals surface area contributed by atoms with E-state index in [0.29, 0.717) is 5.75 Å². The van der Waals surface area contributed by atoms with Gasteiger partial charge in [0.05, 0.1) is 5.75 Å². The van der Waals surface area contributed by atoms with Crippen LogP contribution in [0.15, 0.2) is 48.5 Å². The number of carbonyl (C=O) groups excluding carboxylic acids is 1. The second-order valence-electron chi connectivity index (χ2n) is 4.82. The first kappa shape index (κ1) is 13.2. The molecule has 1 saturated heterocycles. The lowest BCUT2D eigenvalue weighted by molar-refractivity contribution is -0.115. The number of anilines is 1. The summed E-state index contributed by atoms with van der Waals surface area (Å²) < 4.78 is 13.4. The molecule has 2 aromatic carbocycles. The Bertz CT molecular complexity index is 641. The van der Waals surface area contributed by atoms with E-state index in [0.717, 1.165) is 16.8 Å². The van der Waals surface area contributed by atoms with Crippen LogP contribution >= 0.6 is 11.8 Å². The monoisotopic (exact) mass is 287 g/mol. The van der Waals surface area contributed by atoms with E-state index in [9.17, 15) is 9.18 Å². The highest BCUT2D eigenvalue weighted by Crippen LogP contribution is 2.41. The Morgan fingerprint density at radius 2 is 1.95 bits per heavy atom. The van der Waals surface area contributed by atoms with Gasteiger partial charge in [-0.3, -0.25) is 9.69 Å². The summed E-state index contributed by atoms with van der Waals surface area (Å²) >= 11 is 1.53. The van der Waals surface area contributed by atoms with Crippen molar-refractivity contribution in [3.63, 3.8) is 0 Å². The summed E-state index contributed by atoms with van der Waals surface area (Å²) in [5.41, 5.74) is 2.83. The molecule has 4 heteroatoms. The van der Waals surface area contributed by atoms with Crippen molar-refractivity contribution in [3.8, 4) is 0 Å². The van der Waals surface area contributed by atoms with Gasteiger partial charge in [0.1, 0.15) is 11.2 Å². The van der Waals surface area contributed by atoms with Gasteiger partial charge in [0.25, 0.3) is 0 Å². The van der Waals surface area contributed by atoms with Gasteiger partial charge in [-0.1, -0.05) is 29.8 Å². The van der Waals surface area contributed by atoms with Crippen molar-refractivity contribution < 1.29 is 9.18 Å². The summed E-state index contributed by atoms with van der Waals surface area (Å²) in [6.07, 6.45) is 0. The lowest BCUT2D eigenvalue weighted by atomic mass is 10.1. The van der Waals surface area contributed by atoms with Crippen molar-refractivity contribution >= 4 is 23.4 Å². The van der Waals surface area contributed by atoms with Gasteiger partial charge in [-0.15, -0.1) is 11.8 Å². The maximum absolute atomic E-state index is 13.4. The predicted molar refractivity (Wildman–Crippen MR) is 80.3 cm³/mol. The van der Waals surface area contributed by atoms with E-state index >= 15 is 0 Å². The second-order valence-corrected chi connectivity index (χ2v) is 5.89. The van der Waals surface area contributed by atoms with E-state index in [1.54, 1.807) is 11.0 Å². The van der Waals surface area contributed by atoms with Crippen LogP contribution in [-0.4, -0.2) is 11.7 Å². The highest BCUT2D eigenvalue weighted by Gasteiger charge is 2.34. The van der Waals surface area contributed by atoms with E-state index < -0.39 is 0 Å². The van der Waals surface area contributed by atoms with E-state index in [1.165, 1.54) is 23.9 Å². The zero-order chi connectivity index (χ0) is 14.1. The normalized spacial score (nSPS) is 18.6. The quantitative estimate of drug-likeness (QED) is 0.834. The van der Waals surface area contributed by atoms with E-state index in [4.69, 9.17) is 0 Å². The Hall–Kier alpha value is -1.81. The Kier molecular flexibility index (Phi) is 3.49. The van der Waals surface area contributed by atoms with Gasteiger partial charge in [-0.05, 0) is 36.8 Å². The number of hydrogen-bond acceptors (Lipinski definition) is 2. The van der Waals surface area contributed by atoms with Gasteiger partial charge < -0.3 is 0 Å². The van der Waals surface area contributed by atoms with Gasteiger partial charge in [-0.25, -0.2) is 4.39 Å². The standard InChI is InChI=1S/C16H14FNOS/c1-11-5-7-14(8-6-11)18-15(19)10-20-16(18)12-3-2-4-13(17)9-12/h2-9,16H,10H2,1H3/t16-/m1/s1. The Morgan fingerprint density at radius 1 is 1.20 bits per heavy atom. The molecule has 1 amide bonds. The van der Waals surface area contributed by atoms with Crippen LogP contribution in [0.2, 0.25) is 0 Å². The highest BCUT2D eigenvalue weighted by atomic mass is 32.2. The van der Waals surface area contributed by atoms with Gasteiger partial charge in [0.2, 0.25) is 5.91 Å². The molecule has 3 rings (SSSR count). The number of halogens is 1. The molecule has 0 aromatic heterocycles. The Labute approximate surface area is 121 Å². The van der Waals surface area contributed by atoms with Crippen LogP contribution in [0.25, 0.3) is 0 Å². The number of benzene rings is 2. The predicted octanol–water partition coefficient (Wildman–Crippen LogP) is 3.91. The average molecular weight is 287 g/mol. The number of thioether (sulfide) groups is 1. The van der Waals surface area contributed by atoms with Crippen molar-refractivity contribution in [3.05, 3.63) is 65.5 Å². The maximum atomic E-state index is 13.4. The number of carbonyl (C=O) groups is 1. The summed E-state index contributed by atoms with van der Waals surface area (Å²) in [6.45, 7) is 2.01. The molecule has 0 bridgehead atoms. The van der Waals surface area contributed by atoms with Crippen molar-refractivity contribution in [1.29, 1.82) is 0 Å². The molecule has 1 aliphatic rings. The second kappa shape index (κ2) is 5.29. The fraction of sp³-hybridized carbons (Fsp3) is 0.188.